The van der Waals surface area contributed by atoms with Crippen molar-refractivity contribution < 1.29 is 0 Å². The van der Waals surface area contributed by atoms with Crippen LogP contribution < -0.4 is 4.90 Å². The van der Waals surface area contributed by atoms with Crippen LogP contribution in [0.4, 0.5) is 5.69 Å². The van der Waals surface area contributed by atoms with Crippen LogP contribution in [0.2, 0.25) is 0 Å². The lowest BCUT2D eigenvalue weighted by atomic mass is 9.80. The second kappa shape index (κ2) is 8.16. The average molecular weight is 461 g/mol. The van der Waals surface area contributed by atoms with Crippen molar-refractivity contribution in [3.63, 3.8) is 0 Å². The van der Waals surface area contributed by atoms with Gasteiger partial charge in [0.1, 0.15) is 0 Å². The van der Waals surface area contributed by atoms with E-state index in [9.17, 15) is 0 Å². The van der Waals surface area contributed by atoms with E-state index in [-0.39, 0.29) is 6.04 Å². The van der Waals surface area contributed by atoms with E-state index in [4.69, 9.17) is 0 Å². The summed E-state index contributed by atoms with van der Waals surface area (Å²) in [4.78, 5) is 5.24. The van der Waals surface area contributed by atoms with Crippen molar-refractivity contribution in [1.82, 2.24) is 4.90 Å². The first-order chi connectivity index (χ1) is 17.1. The summed E-state index contributed by atoms with van der Waals surface area (Å²) >= 11 is 0. The third-order valence-corrected chi connectivity index (χ3v) is 9.03. The first kappa shape index (κ1) is 22.2. The van der Waals surface area contributed by atoms with Gasteiger partial charge in [-0.3, -0.25) is 0 Å². The molecule has 1 aromatic carbocycles. The second-order valence-electron chi connectivity index (χ2n) is 10.5. The maximum absolute atomic E-state index is 4.69. The molecule has 2 saturated heterocycles. The van der Waals surface area contributed by atoms with Gasteiger partial charge in [-0.25, -0.2) is 0 Å². The van der Waals surface area contributed by atoms with Gasteiger partial charge in [-0.15, -0.1) is 13.2 Å². The lowest BCUT2D eigenvalue weighted by molar-refractivity contribution is 0.308. The number of anilines is 1. The molecule has 0 spiro atoms. The smallest absolute Gasteiger partial charge is 0.0622 e. The summed E-state index contributed by atoms with van der Waals surface area (Å²) in [5, 5.41) is 0. The molecule has 0 radical (unpaired) electrons. The zero-order chi connectivity index (χ0) is 24.4. The van der Waals surface area contributed by atoms with Crippen LogP contribution in [0.3, 0.4) is 0 Å². The van der Waals surface area contributed by atoms with Gasteiger partial charge in [-0.05, 0) is 36.1 Å². The molecular formula is C33H36N2. The van der Waals surface area contributed by atoms with Gasteiger partial charge in [0.05, 0.1) is 24.2 Å². The average Bonchev–Trinajstić information content (AvgIpc) is 3.53. The molecule has 4 heterocycles. The van der Waals surface area contributed by atoms with Crippen LogP contribution in [0.1, 0.15) is 43.7 Å². The molecule has 8 atom stereocenters. The number of hydrogen-bond acceptors (Lipinski definition) is 2. The highest BCUT2D eigenvalue weighted by Crippen LogP contribution is 2.57. The Balaban J connectivity index is 1.46. The van der Waals surface area contributed by atoms with Gasteiger partial charge in [-0.1, -0.05) is 92.5 Å². The fraction of sp³-hybridized carbons (Fsp3) is 0.333. The molecule has 0 N–H and O–H groups in total. The molecule has 0 saturated carbocycles. The van der Waals surface area contributed by atoms with E-state index >= 15 is 0 Å². The number of rotatable bonds is 5. The van der Waals surface area contributed by atoms with E-state index in [0.29, 0.717) is 41.8 Å². The van der Waals surface area contributed by atoms with Crippen molar-refractivity contribution >= 4 is 5.69 Å². The summed E-state index contributed by atoms with van der Waals surface area (Å²) in [6.07, 6.45) is 22.8. The lowest BCUT2D eigenvalue weighted by Crippen LogP contribution is -2.39. The predicted molar refractivity (Wildman–Crippen MR) is 149 cm³/mol. The molecular weight excluding hydrogens is 424 g/mol. The normalized spacial score (nSPS) is 37.6. The topological polar surface area (TPSA) is 6.48 Å². The number of para-hydroxylation sites is 1. The minimum Gasteiger partial charge on any atom is -0.357 e. The Hall–Kier alpha value is -3.26. The summed E-state index contributed by atoms with van der Waals surface area (Å²) in [7, 11) is 0. The van der Waals surface area contributed by atoms with Crippen molar-refractivity contribution in [2.75, 3.05) is 4.90 Å². The molecule has 2 nitrogen and oxygen atoms in total. The van der Waals surface area contributed by atoms with Crippen molar-refractivity contribution in [3.8, 4) is 0 Å². The largest absolute Gasteiger partial charge is 0.357 e. The Morgan fingerprint density at radius 1 is 0.886 bits per heavy atom. The summed E-state index contributed by atoms with van der Waals surface area (Å²) in [6, 6.07) is 8.08. The third-order valence-electron chi connectivity index (χ3n) is 9.03. The molecule has 35 heavy (non-hydrogen) atoms. The minimum absolute atomic E-state index is 0.284. The number of allylic oxidation sites excluding steroid dienone is 5. The molecule has 0 amide bonds. The zero-order valence-corrected chi connectivity index (χ0v) is 21.1. The molecule has 2 heteroatoms. The van der Waals surface area contributed by atoms with Gasteiger partial charge in [0, 0.05) is 35.1 Å². The summed E-state index contributed by atoms with van der Waals surface area (Å²) in [6.45, 7) is 19.7. The Kier molecular flexibility index (Phi) is 5.18. The van der Waals surface area contributed by atoms with Crippen molar-refractivity contribution in [2.45, 2.75) is 56.8 Å². The molecule has 0 bridgehead atoms. The minimum atomic E-state index is 0.284. The van der Waals surface area contributed by atoms with E-state index in [0.717, 1.165) is 0 Å². The van der Waals surface area contributed by atoms with Crippen LogP contribution in [-0.2, 0) is 0 Å². The maximum Gasteiger partial charge on any atom is 0.0622 e. The van der Waals surface area contributed by atoms with Crippen LogP contribution in [0.5, 0.6) is 0 Å². The van der Waals surface area contributed by atoms with E-state index in [1.165, 1.54) is 33.7 Å². The van der Waals surface area contributed by atoms with Gasteiger partial charge in [0.2, 0.25) is 0 Å². The fourth-order valence-corrected chi connectivity index (χ4v) is 7.63. The lowest BCUT2D eigenvalue weighted by Gasteiger charge is -2.32. The molecule has 0 aromatic heterocycles. The highest BCUT2D eigenvalue weighted by atomic mass is 15.3. The monoisotopic (exact) mass is 460 g/mol. The van der Waals surface area contributed by atoms with Crippen LogP contribution in [0, 0.1) is 11.8 Å². The van der Waals surface area contributed by atoms with E-state index in [1.54, 1.807) is 0 Å². The molecule has 4 aliphatic heterocycles. The van der Waals surface area contributed by atoms with E-state index in [2.05, 4.69) is 129 Å². The number of nitrogens with zero attached hydrogens (tertiary/aromatic N) is 2. The van der Waals surface area contributed by atoms with Crippen LogP contribution >= 0.6 is 0 Å². The molecule has 5 aliphatic rings. The van der Waals surface area contributed by atoms with Gasteiger partial charge in [0.25, 0.3) is 0 Å². The molecule has 1 aliphatic carbocycles. The number of hydrogen-bond donors (Lipinski definition) is 0. The van der Waals surface area contributed by atoms with Crippen LogP contribution in [-0.4, -0.2) is 29.1 Å². The van der Waals surface area contributed by atoms with Crippen molar-refractivity contribution in [2.24, 2.45) is 11.8 Å². The highest BCUT2D eigenvalue weighted by Gasteiger charge is 2.54. The SMILES string of the molecule is C=CC1C2=CC=CC3/C(=C/C4C(C)c5cccc6c5N4C(/C=C\C)C6C=C)C(=C)N(C1/C=C\C)C23. The summed E-state index contributed by atoms with van der Waals surface area (Å²) < 4.78 is 0. The van der Waals surface area contributed by atoms with Crippen LogP contribution in [0.25, 0.3) is 0 Å². The molecule has 6 rings (SSSR count). The van der Waals surface area contributed by atoms with Crippen molar-refractivity contribution in [3.05, 3.63) is 127 Å². The zero-order valence-electron chi connectivity index (χ0n) is 21.1. The van der Waals surface area contributed by atoms with Gasteiger partial charge >= 0.3 is 0 Å². The Morgan fingerprint density at radius 2 is 1.57 bits per heavy atom. The second-order valence-corrected chi connectivity index (χ2v) is 10.5. The van der Waals surface area contributed by atoms with Crippen LogP contribution in [0.15, 0.2) is 116 Å². The summed E-state index contributed by atoms with van der Waals surface area (Å²) in [5.41, 5.74) is 8.35. The Labute approximate surface area is 210 Å². The van der Waals surface area contributed by atoms with E-state index in [1.807, 2.05) is 0 Å². The quantitative estimate of drug-likeness (QED) is 0.429. The predicted octanol–water partition coefficient (Wildman–Crippen LogP) is 7.20. The number of benzene rings is 1. The van der Waals surface area contributed by atoms with Gasteiger partial charge < -0.3 is 9.80 Å². The third kappa shape index (κ3) is 2.83. The molecule has 178 valence electrons. The van der Waals surface area contributed by atoms with Gasteiger partial charge in [-0.2, -0.15) is 0 Å². The standard InChI is InChI=1S/C33H36N2/c1-7-13-29-22(9-3)26-17-12-18-27-28(21(6)34(29)33(26)27)19-31-20(5)24-15-11-16-25-23(10-4)30(14-8-2)35(31)32(24)25/h7-20,22-23,27,29-31,33H,3-4,6H2,1-2,5H3/b13-7-,14-8-,28-19+. The maximum atomic E-state index is 4.69. The highest BCUT2D eigenvalue weighted by molar-refractivity contribution is 5.75. The Morgan fingerprint density at radius 3 is 2.26 bits per heavy atom. The molecule has 1 aromatic rings. The molecule has 2 fully saturated rings. The first-order valence-electron chi connectivity index (χ1n) is 13.1. The van der Waals surface area contributed by atoms with Gasteiger partial charge in [0.15, 0.2) is 0 Å². The fourth-order valence-electron chi connectivity index (χ4n) is 7.63. The van der Waals surface area contributed by atoms with E-state index < -0.39 is 0 Å². The molecule has 8 unspecified atom stereocenters. The Bertz CT molecular complexity index is 1250. The van der Waals surface area contributed by atoms with Crippen molar-refractivity contribution in [1.29, 1.82) is 0 Å². The summed E-state index contributed by atoms with van der Waals surface area (Å²) in [5.74, 6) is 1.42. The first-order valence-corrected chi connectivity index (χ1v) is 13.1.